The second-order valence-electron chi connectivity index (χ2n) is 8.24. The first-order valence-corrected chi connectivity index (χ1v) is 9.65. The van der Waals surface area contributed by atoms with Gasteiger partial charge in [0.1, 0.15) is 5.82 Å². The highest BCUT2D eigenvalue weighted by Crippen LogP contribution is 2.47. The molecule has 1 heterocycles. The third-order valence-electron chi connectivity index (χ3n) is 5.35. The van der Waals surface area contributed by atoms with Gasteiger partial charge in [-0.3, -0.25) is 4.79 Å². The van der Waals surface area contributed by atoms with Gasteiger partial charge in [-0.15, -0.1) is 0 Å². The number of aromatic carboxylic acids is 1. The number of carbonyl (C=O) groups is 2. The molecule has 2 aromatic carbocycles. The van der Waals surface area contributed by atoms with Gasteiger partial charge < -0.3 is 15.7 Å². The van der Waals surface area contributed by atoms with Crippen molar-refractivity contribution in [3.63, 3.8) is 0 Å². The van der Waals surface area contributed by atoms with Crippen LogP contribution in [0.25, 0.3) is 0 Å². The SMILES string of the molecule is CC1(C)CC(=O)C2=C(C1)Nc1ccc(C(=O)O)cc1NC2c1c(F)cccc1Cl. The number of fused-ring (bicyclic) bond motifs is 1. The minimum Gasteiger partial charge on any atom is -0.478 e. The van der Waals surface area contributed by atoms with Crippen molar-refractivity contribution in [2.75, 3.05) is 10.6 Å². The van der Waals surface area contributed by atoms with E-state index in [2.05, 4.69) is 10.6 Å². The summed E-state index contributed by atoms with van der Waals surface area (Å²) in [6.45, 7) is 4.02. The Bertz CT molecular complexity index is 1060. The van der Waals surface area contributed by atoms with Gasteiger partial charge in [0, 0.05) is 28.3 Å². The lowest BCUT2D eigenvalue weighted by Gasteiger charge is -2.34. The number of benzene rings is 2. The Morgan fingerprint density at radius 2 is 1.97 bits per heavy atom. The number of anilines is 2. The average Bonchev–Trinajstić information content (AvgIpc) is 2.76. The summed E-state index contributed by atoms with van der Waals surface area (Å²) in [4.78, 5) is 24.6. The van der Waals surface area contributed by atoms with Gasteiger partial charge in [0.2, 0.25) is 0 Å². The molecule has 2 aliphatic rings. The van der Waals surface area contributed by atoms with Gasteiger partial charge in [-0.1, -0.05) is 31.5 Å². The lowest BCUT2D eigenvalue weighted by atomic mass is 9.73. The molecule has 0 spiro atoms. The van der Waals surface area contributed by atoms with Crippen LogP contribution in [0.1, 0.15) is 48.7 Å². The molecule has 2 aromatic rings. The zero-order valence-corrected chi connectivity index (χ0v) is 16.7. The largest absolute Gasteiger partial charge is 0.478 e. The van der Waals surface area contributed by atoms with Gasteiger partial charge in [-0.2, -0.15) is 0 Å². The molecule has 0 saturated carbocycles. The third kappa shape index (κ3) is 3.49. The molecule has 3 N–H and O–H groups in total. The molecule has 150 valence electrons. The van der Waals surface area contributed by atoms with Crippen LogP contribution in [0.15, 0.2) is 47.7 Å². The fourth-order valence-corrected chi connectivity index (χ4v) is 4.35. The van der Waals surface area contributed by atoms with Gasteiger partial charge in [-0.25, -0.2) is 9.18 Å². The number of Topliss-reactive ketones (excluding diaryl/α,β-unsaturated/α-hetero) is 1. The summed E-state index contributed by atoms with van der Waals surface area (Å²) in [6, 6.07) is 8.16. The van der Waals surface area contributed by atoms with Crippen molar-refractivity contribution in [3.8, 4) is 0 Å². The first kappa shape index (κ1) is 19.5. The van der Waals surface area contributed by atoms with E-state index in [-0.39, 0.29) is 27.3 Å². The van der Waals surface area contributed by atoms with E-state index in [1.807, 2.05) is 13.8 Å². The maximum Gasteiger partial charge on any atom is 0.335 e. The first-order valence-electron chi connectivity index (χ1n) is 9.27. The second kappa shape index (κ2) is 6.88. The summed E-state index contributed by atoms with van der Waals surface area (Å²) in [5, 5.41) is 16.0. The smallest absolute Gasteiger partial charge is 0.335 e. The Hall–Kier alpha value is -2.86. The maximum atomic E-state index is 14.8. The maximum absolute atomic E-state index is 14.8. The van der Waals surface area contributed by atoms with Crippen LogP contribution in [0.4, 0.5) is 15.8 Å². The number of allylic oxidation sites excluding steroid dienone is 1. The second-order valence-corrected chi connectivity index (χ2v) is 8.64. The lowest BCUT2D eigenvalue weighted by molar-refractivity contribution is -0.118. The molecule has 0 saturated heterocycles. The molecule has 29 heavy (non-hydrogen) atoms. The summed E-state index contributed by atoms with van der Waals surface area (Å²) in [6.07, 6.45) is 0.924. The molecule has 1 atom stereocenters. The van der Waals surface area contributed by atoms with Crippen LogP contribution in [0.3, 0.4) is 0 Å². The van der Waals surface area contributed by atoms with E-state index in [9.17, 15) is 19.1 Å². The topological polar surface area (TPSA) is 78.4 Å². The Labute approximate surface area is 172 Å². The van der Waals surface area contributed by atoms with Gasteiger partial charge in [-0.05, 0) is 42.2 Å². The minimum absolute atomic E-state index is 0.0861. The van der Waals surface area contributed by atoms with Crippen LogP contribution in [-0.2, 0) is 4.79 Å². The minimum atomic E-state index is -1.07. The third-order valence-corrected chi connectivity index (χ3v) is 5.68. The zero-order chi connectivity index (χ0) is 20.9. The van der Waals surface area contributed by atoms with Crippen LogP contribution >= 0.6 is 11.6 Å². The number of rotatable bonds is 2. The fourth-order valence-electron chi connectivity index (χ4n) is 4.08. The van der Waals surface area contributed by atoms with Crippen molar-refractivity contribution >= 4 is 34.7 Å². The normalized spacial score (nSPS) is 20.1. The molecule has 1 unspecified atom stereocenters. The van der Waals surface area contributed by atoms with E-state index in [4.69, 9.17) is 11.6 Å². The summed E-state index contributed by atoms with van der Waals surface area (Å²) in [5.74, 6) is -1.70. The predicted molar refractivity (Wildman–Crippen MR) is 110 cm³/mol. The van der Waals surface area contributed by atoms with Crippen LogP contribution in [0.2, 0.25) is 5.02 Å². The standard InChI is InChI=1S/C22H20ClFN2O3/c1-22(2)9-16-19(17(27)10-22)20(18-12(23)4-3-5-13(18)24)26-15-8-11(21(28)29)6-7-14(15)25-16/h3-8,20,25-26H,9-10H2,1-2H3,(H,28,29). The molecule has 0 fully saturated rings. The summed E-state index contributed by atoms with van der Waals surface area (Å²) in [7, 11) is 0. The van der Waals surface area contributed by atoms with Crippen LogP contribution in [0.5, 0.6) is 0 Å². The van der Waals surface area contributed by atoms with E-state index >= 15 is 0 Å². The number of nitrogens with one attached hydrogen (secondary N) is 2. The summed E-state index contributed by atoms with van der Waals surface area (Å²) >= 11 is 6.33. The van der Waals surface area contributed by atoms with Crippen molar-refractivity contribution in [2.45, 2.75) is 32.7 Å². The molecule has 1 aliphatic heterocycles. The monoisotopic (exact) mass is 414 g/mol. The number of carboxylic acid groups (broad SMARTS) is 1. The Kier molecular flexibility index (Phi) is 4.62. The molecule has 0 radical (unpaired) electrons. The Morgan fingerprint density at radius 1 is 1.21 bits per heavy atom. The van der Waals surface area contributed by atoms with Gasteiger partial charge in [0.05, 0.1) is 23.0 Å². The van der Waals surface area contributed by atoms with Crippen molar-refractivity contribution < 1.29 is 19.1 Å². The number of hydrogen-bond donors (Lipinski definition) is 3. The summed E-state index contributed by atoms with van der Waals surface area (Å²) < 4.78 is 14.8. The van der Waals surface area contributed by atoms with E-state index in [0.29, 0.717) is 35.5 Å². The number of carboxylic acids is 1. The Balaban J connectivity index is 1.94. The van der Waals surface area contributed by atoms with Crippen LogP contribution in [0, 0.1) is 11.2 Å². The van der Waals surface area contributed by atoms with E-state index in [0.717, 1.165) is 0 Å². The first-order chi connectivity index (χ1) is 13.7. The van der Waals surface area contributed by atoms with Crippen LogP contribution in [-0.4, -0.2) is 16.9 Å². The van der Waals surface area contributed by atoms with Gasteiger partial charge in [0.15, 0.2) is 5.78 Å². The molecule has 7 heteroatoms. The fraction of sp³-hybridized carbons (Fsp3) is 0.273. The molecule has 0 bridgehead atoms. The number of hydrogen-bond acceptors (Lipinski definition) is 4. The highest BCUT2D eigenvalue weighted by atomic mass is 35.5. The predicted octanol–water partition coefficient (Wildman–Crippen LogP) is 5.40. The molecule has 0 amide bonds. The average molecular weight is 415 g/mol. The highest BCUT2D eigenvalue weighted by molar-refractivity contribution is 6.31. The molecule has 5 nitrogen and oxygen atoms in total. The number of halogens is 2. The Morgan fingerprint density at radius 3 is 2.66 bits per heavy atom. The van der Waals surface area contributed by atoms with Gasteiger partial charge in [0.25, 0.3) is 0 Å². The molecule has 1 aliphatic carbocycles. The number of ketones is 1. The van der Waals surface area contributed by atoms with Crippen molar-refractivity contribution in [1.29, 1.82) is 0 Å². The molecular weight excluding hydrogens is 395 g/mol. The van der Waals surface area contributed by atoms with Crippen molar-refractivity contribution in [1.82, 2.24) is 0 Å². The van der Waals surface area contributed by atoms with Crippen LogP contribution < -0.4 is 10.6 Å². The zero-order valence-electron chi connectivity index (χ0n) is 16.0. The van der Waals surface area contributed by atoms with Crippen molar-refractivity contribution in [3.05, 3.63) is 69.6 Å². The van der Waals surface area contributed by atoms with Crippen molar-refractivity contribution in [2.24, 2.45) is 5.41 Å². The quantitative estimate of drug-likeness (QED) is 0.613. The van der Waals surface area contributed by atoms with E-state index in [1.54, 1.807) is 12.1 Å². The van der Waals surface area contributed by atoms with Gasteiger partial charge >= 0.3 is 5.97 Å². The summed E-state index contributed by atoms with van der Waals surface area (Å²) in [5.41, 5.74) is 2.23. The molecular formula is C22H20ClFN2O3. The van der Waals surface area contributed by atoms with E-state index < -0.39 is 17.8 Å². The number of carbonyl (C=O) groups excluding carboxylic acids is 1. The lowest BCUT2D eigenvalue weighted by Crippen LogP contribution is -2.31. The molecule has 0 aromatic heterocycles. The van der Waals surface area contributed by atoms with E-state index in [1.165, 1.54) is 24.3 Å². The highest BCUT2D eigenvalue weighted by Gasteiger charge is 2.40. The molecule has 4 rings (SSSR count).